The van der Waals surface area contributed by atoms with Crippen LogP contribution in [-0.4, -0.2) is 22.9 Å². The molecule has 1 aliphatic heterocycles. The molecular weight excluding hydrogens is 152 g/mol. The highest BCUT2D eigenvalue weighted by Gasteiger charge is 2.58. The third kappa shape index (κ3) is 1.10. The summed E-state index contributed by atoms with van der Waals surface area (Å²) >= 11 is 0. The van der Waals surface area contributed by atoms with Gasteiger partial charge in [0.15, 0.2) is 0 Å². The van der Waals surface area contributed by atoms with Crippen molar-refractivity contribution in [1.82, 2.24) is 0 Å². The highest BCUT2D eigenvalue weighted by Crippen LogP contribution is 2.48. The molecule has 4 atom stereocenters. The maximum Gasteiger partial charge on any atom is 0.113 e. The molecule has 2 aliphatic rings. The summed E-state index contributed by atoms with van der Waals surface area (Å²) in [7, 11) is 0. The Labute approximate surface area is 73.2 Å². The van der Waals surface area contributed by atoms with Crippen molar-refractivity contribution in [2.24, 2.45) is 5.92 Å². The number of rotatable bonds is 1. The quantitative estimate of drug-likeness (QED) is 0.475. The van der Waals surface area contributed by atoms with E-state index in [0.29, 0.717) is 5.92 Å². The standard InChI is InChI=1S/C10H16O2/c1-6(2)7-4-5-10(3,11)9-8(7)12-9/h7-9,11H,1,4-5H2,2-3H3. The van der Waals surface area contributed by atoms with E-state index in [1.165, 1.54) is 5.57 Å². The molecule has 0 spiro atoms. The van der Waals surface area contributed by atoms with E-state index < -0.39 is 5.60 Å². The second kappa shape index (κ2) is 2.33. The minimum absolute atomic E-state index is 0.0768. The highest BCUT2D eigenvalue weighted by molar-refractivity contribution is 5.14. The van der Waals surface area contributed by atoms with Gasteiger partial charge in [0.25, 0.3) is 0 Å². The number of aliphatic hydroxyl groups is 1. The first-order valence-corrected chi connectivity index (χ1v) is 4.55. The van der Waals surface area contributed by atoms with E-state index in [2.05, 4.69) is 6.58 Å². The summed E-state index contributed by atoms with van der Waals surface area (Å²) in [4.78, 5) is 0. The van der Waals surface area contributed by atoms with Crippen LogP contribution in [-0.2, 0) is 4.74 Å². The molecule has 2 nitrogen and oxygen atoms in total. The van der Waals surface area contributed by atoms with Gasteiger partial charge in [0.1, 0.15) is 6.10 Å². The first-order chi connectivity index (χ1) is 5.52. The van der Waals surface area contributed by atoms with Crippen molar-refractivity contribution < 1.29 is 9.84 Å². The SMILES string of the molecule is C=C(C)C1CCC(C)(O)C2OC12. The zero-order chi connectivity index (χ0) is 8.93. The maximum absolute atomic E-state index is 9.83. The number of hydrogen-bond acceptors (Lipinski definition) is 2. The first kappa shape index (κ1) is 8.27. The van der Waals surface area contributed by atoms with Crippen LogP contribution in [0.5, 0.6) is 0 Å². The van der Waals surface area contributed by atoms with E-state index in [1.54, 1.807) is 0 Å². The molecule has 1 saturated heterocycles. The van der Waals surface area contributed by atoms with Gasteiger partial charge in [0, 0.05) is 5.92 Å². The fraction of sp³-hybridized carbons (Fsp3) is 0.800. The van der Waals surface area contributed by atoms with Crippen LogP contribution >= 0.6 is 0 Å². The molecule has 1 saturated carbocycles. The Morgan fingerprint density at radius 1 is 1.67 bits per heavy atom. The molecular formula is C10H16O2. The van der Waals surface area contributed by atoms with Crippen molar-refractivity contribution >= 4 is 0 Å². The Bertz CT molecular complexity index is 220. The zero-order valence-electron chi connectivity index (χ0n) is 7.71. The van der Waals surface area contributed by atoms with Crippen LogP contribution in [0, 0.1) is 5.92 Å². The molecule has 0 bridgehead atoms. The van der Waals surface area contributed by atoms with Gasteiger partial charge in [0.05, 0.1) is 11.7 Å². The van der Waals surface area contributed by atoms with Crippen LogP contribution in [0.2, 0.25) is 0 Å². The van der Waals surface area contributed by atoms with Gasteiger partial charge in [-0.1, -0.05) is 12.2 Å². The first-order valence-electron chi connectivity index (χ1n) is 4.55. The number of hydrogen-bond donors (Lipinski definition) is 1. The molecule has 1 aliphatic carbocycles. The van der Waals surface area contributed by atoms with Gasteiger partial charge in [-0.2, -0.15) is 0 Å². The molecule has 0 aromatic carbocycles. The Hall–Kier alpha value is -0.340. The maximum atomic E-state index is 9.83. The summed E-state index contributed by atoms with van der Waals surface area (Å²) < 4.78 is 5.46. The van der Waals surface area contributed by atoms with Crippen LogP contribution in [0.1, 0.15) is 26.7 Å². The van der Waals surface area contributed by atoms with Crippen molar-refractivity contribution in [3.63, 3.8) is 0 Å². The Morgan fingerprint density at radius 2 is 2.33 bits per heavy atom. The van der Waals surface area contributed by atoms with Gasteiger partial charge in [-0.15, -0.1) is 0 Å². The van der Waals surface area contributed by atoms with Crippen molar-refractivity contribution in [3.8, 4) is 0 Å². The van der Waals surface area contributed by atoms with Gasteiger partial charge >= 0.3 is 0 Å². The lowest BCUT2D eigenvalue weighted by atomic mass is 9.77. The molecule has 1 heterocycles. The summed E-state index contributed by atoms with van der Waals surface area (Å²) in [5.41, 5.74) is 0.606. The molecule has 0 aromatic heterocycles. The normalized spacial score (nSPS) is 51.4. The van der Waals surface area contributed by atoms with Crippen molar-refractivity contribution in [3.05, 3.63) is 12.2 Å². The van der Waals surface area contributed by atoms with E-state index in [-0.39, 0.29) is 12.2 Å². The average Bonchev–Trinajstić information content (AvgIpc) is 2.65. The number of fused-ring (bicyclic) bond motifs is 1. The molecule has 4 unspecified atom stereocenters. The molecule has 0 aromatic rings. The van der Waals surface area contributed by atoms with E-state index in [4.69, 9.17) is 4.74 Å². The molecule has 0 amide bonds. The molecule has 2 rings (SSSR count). The van der Waals surface area contributed by atoms with Gasteiger partial charge in [-0.3, -0.25) is 0 Å². The summed E-state index contributed by atoms with van der Waals surface area (Å²) in [5, 5.41) is 9.83. The second-order valence-electron chi connectivity index (χ2n) is 4.37. The van der Waals surface area contributed by atoms with E-state index in [1.807, 2.05) is 13.8 Å². The van der Waals surface area contributed by atoms with Crippen molar-refractivity contribution in [2.45, 2.75) is 44.5 Å². The van der Waals surface area contributed by atoms with E-state index in [0.717, 1.165) is 12.8 Å². The Kier molecular flexibility index (Phi) is 1.61. The average molecular weight is 168 g/mol. The topological polar surface area (TPSA) is 32.8 Å². The van der Waals surface area contributed by atoms with Crippen LogP contribution in [0.25, 0.3) is 0 Å². The highest BCUT2D eigenvalue weighted by atomic mass is 16.6. The fourth-order valence-corrected chi connectivity index (χ4v) is 2.21. The summed E-state index contributed by atoms with van der Waals surface area (Å²) in [6, 6.07) is 0. The lowest BCUT2D eigenvalue weighted by Crippen LogP contribution is -2.38. The minimum atomic E-state index is -0.587. The predicted octanol–water partition coefficient (Wildman–Crippen LogP) is 1.49. The van der Waals surface area contributed by atoms with Crippen LogP contribution in [0.3, 0.4) is 0 Å². The molecule has 12 heavy (non-hydrogen) atoms. The van der Waals surface area contributed by atoms with Crippen LogP contribution in [0.4, 0.5) is 0 Å². The fourth-order valence-electron chi connectivity index (χ4n) is 2.21. The van der Waals surface area contributed by atoms with Crippen LogP contribution < -0.4 is 0 Å². The van der Waals surface area contributed by atoms with Crippen molar-refractivity contribution in [1.29, 1.82) is 0 Å². The summed E-state index contributed by atoms with van der Waals surface area (Å²) in [6.07, 6.45) is 2.19. The number of epoxide rings is 1. The second-order valence-corrected chi connectivity index (χ2v) is 4.37. The number of ether oxygens (including phenoxy) is 1. The van der Waals surface area contributed by atoms with Gasteiger partial charge < -0.3 is 9.84 Å². The van der Waals surface area contributed by atoms with Gasteiger partial charge in [0.2, 0.25) is 0 Å². The monoisotopic (exact) mass is 168 g/mol. The predicted molar refractivity (Wildman–Crippen MR) is 46.8 cm³/mol. The lowest BCUT2D eigenvalue weighted by molar-refractivity contribution is 0.0140. The van der Waals surface area contributed by atoms with Gasteiger partial charge in [-0.05, 0) is 26.7 Å². The lowest BCUT2D eigenvalue weighted by Gasteiger charge is -2.29. The zero-order valence-corrected chi connectivity index (χ0v) is 7.71. The smallest absolute Gasteiger partial charge is 0.113 e. The summed E-state index contributed by atoms with van der Waals surface area (Å²) in [6.45, 7) is 7.85. The molecule has 2 heteroatoms. The van der Waals surface area contributed by atoms with E-state index >= 15 is 0 Å². The van der Waals surface area contributed by atoms with Gasteiger partial charge in [-0.25, -0.2) is 0 Å². The summed E-state index contributed by atoms with van der Waals surface area (Å²) in [5.74, 6) is 0.482. The Morgan fingerprint density at radius 3 is 2.92 bits per heavy atom. The van der Waals surface area contributed by atoms with Crippen LogP contribution in [0.15, 0.2) is 12.2 Å². The molecule has 2 fully saturated rings. The van der Waals surface area contributed by atoms with Crippen molar-refractivity contribution in [2.75, 3.05) is 0 Å². The third-order valence-corrected chi connectivity index (χ3v) is 3.13. The molecule has 68 valence electrons. The molecule has 1 N–H and O–H groups in total. The largest absolute Gasteiger partial charge is 0.387 e. The minimum Gasteiger partial charge on any atom is -0.387 e. The molecule has 0 radical (unpaired) electrons. The Balaban J connectivity index is 2.08. The third-order valence-electron chi connectivity index (χ3n) is 3.13. The van der Waals surface area contributed by atoms with E-state index in [9.17, 15) is 5.11 Å².